The number of fused-ring (bicyclic) bond motifs is 4. The van der Waals surface area contributed by atoms with Gasteiger partial charge in [-0.15, -0.1) is 13.2 Å². The maximum absolute atomic E-state index is 13.3. The maximum atomic E-state index is 13.3. The van der Waals surface area contributed by atoms with E-state index in [4.69, 9.17) is 5.73 Å². The highest BCUT2D eigenvalue weighted by Gasteiger charge is 2.58. The van der Waals surface area contributed by atoms with Crippen molar-refractivity contribution in [1.29, 1.82) is 5.26 Å². The molecule has 27 heavy (non-hydrogen) atoms. The number of likely N-dealkylation sites (N-methyl/N-ethyl adjacent to an activating group) is 1. The lowest BCUT2D eigenvalue weighted by molar-refractivity contribution is -0.274. The molecule has 2 aliphatic heterocycles. The number of nitrogens with two attached hydrogens (primary N) is 1. The number of H-pyrrole nitrogens is 1. The summed E-state index contributed by atoms with van der Waals surface area (Å²) in [6, 6.07) is 5.44. The Hall–Kier alpha value is -3.68. The zero-order valence-electron chi connectivity index (χ0n) is 13.7. The van der Waals surface area contributed by atoms with Gasteiger partial charge in [-0.3, -0.25) is 9.89 Å². The van der Waals surface area contributed by atoms with E-state index in [-0.39, 0.29) is 28.3 Å². The van der Waals surface area contributed by atoms with E-state index in [1.54, 1.807) is 0 Å². The molecular formula is C16H11F3N6O2. The predicted molar refractivity (Wildman–Crippen MR) is 86.4 cm³/mol. The first-order valence-electron chi connectivity index (χ1n) is 7.59. The van der Waals surface area contributed by atoms with Crippen LogP contribution in [-0.2, 0) is 10.2 Å². The van der Waals surface area contributed by atoms with Crippen molar-refractivity contribution in [2.24, 2.45) is 5.73 Å². The second-order valence-corrected chi connectivity index (χ2v) is 6.03. The van der Waals surface area contributed by atoms with Crippen LogP contribution in [0.4, 0.5) is 24.7 Å². The van der Waals surface area contributed by atoms with Crippen LogP contribution in [0.1, 0.15) is 11.1 Å². The van der Waals surface area contributed by atoms with Crippen molar-refractivity contribution in [3.63, 3.8) is 0 Å². The molecule has 0 bridgehead atoms. The van der Waals surface area contributed by atoms with Crippen LogP contribution in [0, 0.1) is 11.3 Å². The van der Waals surface area contributed by atoms with Crippen LogP contribution in [0.5, 0.6) is 5.75 Å². The lowest BCUT2D eigenvalue weighted by atomic mass is 9.69. The molecule has 11 heteroatoms. The Morgan fingerprint density at radius 1 is 1.37 bits per heavy atom. The van der Waals surface area contributed by atoms with E-state index in [0.29, 0.717) is 5.69 Å². The summed E-state index contributed by atoms with van der Waals surface area (Å²) in [5.74, 6) is -0.859. The molecule has 0 saturated heterocycles. The predicted octanol–water partition coefficient (Wildman–Crippen LogP) is 1.69. The van der Waals surface area contributed by atoms with E-state index >= 15 is 0 Å². The molecule has 2 aliphatic rings. The topological polar surface area (TPSA) is 120 Å². The summed E-state index contributed by atoms with van der Waals surface area (Å²) in [7, 11) is 1.47. The fourth-order valence-corrected chi connectivity index (χ4v) is 3.63. The van der Waals surface area contributed by atoms with Gasteiger partial charge >= 0.3 is 6.36 Å². The number of nitriles is 1. The summed E-state index contributed by atoms with van der Waals surface area (Å²) in [5.41, 5.74) is 4.87. The number of hydrogen-bond acceptors (Lipinski definition) is 6. The number of aromatic nitrogens is 2. The van der Waals surface area contributed by atoms with Gasteiger partial charge in [0.25, 0.3) is 0 Å². The van der Waals surface area contributed by atoms with Crippen LogP contribution in [0.3, 0.4) is 0 Å². The number of carbonyl (C=O) groups is 1. The zero-order chi connectivity index (χ0) is 19.6. The van der Waals surface area contributed by atoms with Gasteiger partial charge in [-0.05, 0) is 18.2 Å². The summed E-state index contributed by atoms with van der Waals surface area (Å²) in [6.07, 6.45) is -3.57. The maximum Gasteiger partial charge on any atom is 0.573 e. The third kappa shape index (κ3) is 2.10. The Kier molecular flexibility index (Phi) is 3.21. The molecule has 1 atom stereocenters. The normalized spacial score (nSPS) is 21.0. The van der Waals surface area contributed by atoms with Crippen molar-refractivity contribution in [2.75, 3.05) is 17.3 Å². The van der Waals surface area contributed by atoms with Gasteiger partial charge in [0, 0.05) is 23.9 Å². The van der Waals surface area contributed by atoms with Gasteiger partial charge in [0.15, 0.2) is 0 Å². The molecule has 4 N–H and O–H groups in total. The molecule has 0 saturated carbocycles. The number of anilines is 2. The molecule has 1 unspecified atom stereocenters. The second-order valence-electron chi connectivity index (χ2n) is 6.03. The summed E-state index contributed by atoms with van der Waals surface area (Å²) >= 11 is 0. The number of hydrogen-bond donors (Lipinski definition) is 3. The van der Waals surface area contributed by atoms with Gasteiger partial charge in [-0.1, -0.05) is 0 Å². The van der Waals surface area contributed by atoms with Gasteiger partial charge in [0.2, 0.25) is 5.91 Å². The molecule has 1 spiro atoms. The number of benzene rings is 1. The lowest BCUT2D eigenvalue weighted by Gasteiger charge is -2.32. The number of alkyl halides is 3. The highest BCUT2D eigenvalue weighted by molar-refractivity contribution is 6.14. The summed E-state index contributed by atoms with van der Waals surface area (Å²) in [4.78, 5) is 14.5. The number of halogens is 3. The molecule has 1 aromatic heterocycles. The van der Waals surface area contributed by atoms with E-state index < -0.39 is 23.4 Å². The quantitative estimate of drug-likeness (QED) is 0.697. The fourth-order valence-electron chi connectivity index (χ4n) is 3.63. The number of nitrogens with one attached hydrogen (secondary N) is 2. The smallest absolute Gasteiger partial charge is 0.406 e. The van der Waals surface area contributed by atoms with E-state index in [2.05, 4.69) is 20.3 Å². The highest BCUT2D eigenvalue weighted by Crippen LogP contribution is 2.54. The van der Waals surface area contributed by atoms with Gasteiger partial charge in [-0.25, -0.2) is 0 Å². The Morgan fingerprint density at radius 2 is 2.11 bits per heavy atom. The number of aromatic amines is 1. The third-order valence-corrected chi connectivity index (χ3v) is 4.65. The van der Waals surface area contributed by atoms with Gasteiger partial charge in [0.05, 0.1) is 11.8 Å². The molecule has 0 aliphatic carbocycles. The molecule has 0 radical (unpaired) electrons. The van der Waals surface area contributed by atoms with Crippen LogP contribution in [0.2, 0.25) is 0 Å². The standard InChI is InChI=1S/C16H11F3N6O2/c1-25-11-3-2-7(27-16(17,18)19)4-8(11)15(14(25)26)9(5-20)12(21)23-13-10(15)6-22-24-13/h2-4,6H,21H2,1H3,(H2,22,23,24). The Balaban J connectivity index is 2.05. The minimum Gasteiger partial charge on any atom is -0.406 e. The van der Waals surface area contributed by atoms with E-state index in [1.807, 2.05) is 6.07 Å². The molecule has 4 rings (SSSR count). The number of amides is 1. The fraction of sp³-hybridized carbons (Fsp3) is 0.188. The first-order chi connectivity index (χ1) is 12.7. The average Bonchev–Trinajstić information content (AvgIpc) is 3.12. The molecule has 1 aromatic carbocycles. The summed E-state index contributed by atoms with van der Waals surface area (Å²) in [5, 5.41) is 19.0. The molecule has 138 valence electrons. The van der Waals surface area contributed by atoms with E-state index in [0.717, 1.165) is 12.1 Å². The third-order valence-electron chi connectivity index (χ3n) is 4.65. The monoisotopic (exact) mass is 376 g/mol. The van der Waals surface area contributed by atoms with Crippen molar-refractivity contribution < 1.29 is 22.7 Å². The van der Waals surface area contributed by atoms with Crippen molar-refractivity contribution in [2.45, 2.75) is 11.8 Å². The summed E-state index contributed by atoms with van der Waals surface area (Å²) < 4.78 is 42.0. The minimum absolute atomic E-state index is 0.0917. The van der Waals surface area contributed by atoms with Gasteiger partial charge in [0.1, 0.15) is 28.9 Å². The SMILES string of the molecule is CN1C(=O)C2(C(C#N)=C(N)Nc3[nH]ncc32)c2cc(OC(F)(F)F)ccc21. The minimum atomic E-state index is -4.90. The number of ether oxygens (including phenoxy) is 1. The largest absolute Gasteiger partial charge is 0.573 e. The van der Waals surface area contributed by atoms with Crippen LogP contribution in [0.15, 0.2) is 35.8 Å². The van der Waals surface area contributed by atoms with Crippen LogP contribution < -0.4 is 20.7 Å². The molecule has 3 heterocycles. The molecule has 0 fully saturated rings. The first kappa shape index (κ1) is 16.8. The van der Waals surface area contributed by atoms with Crippen molar-refractivity contribution >= 4 is 17.4 Å². The van der Waals surface area contributed by atoms with E-state index in [1.165, 1.54) is 24.2 Å². The van der Waals surface area contributed by atoms with Crippen LogP contribution in [0.25, 0.3) is 0 Å². The van der Waals surface area contributed by atoms with Crippen molar-refractivity contribution in [1.82, 2.24) is 10.2 Å². The number of nitrogens with zero attached hydrogens (tertiary/aromatic N) is 3. The molecule has 8 nitrogen and oxygen atoms in total. The first-order valence-corrected chi connectivity index (χ1v) is 7.59. The number of rotatable bonds is 1. The Labute approximate surface area is 150 Å². The Morgan fingerprint density at radius 3 is 2.78 bits per heavy atom. The highest BCUT2D eigenvalue weighted by atomic mass is 19.4. The van der Waals surface area contributed by atoms with Crippen molar-refractivity contribution in [3.8, 4) is 11.8 Å². The van der Waals surface area contributed by atoms with Crippen molar-refractivity contribution in [3.05, 3.63) is 46.9 Å². The summed E-state index contributed by atoms with van der Waals surface area (Å²) in [6.45, 7) is 0. The van der Waals surface area contributed by atoms with Crippen LogP contribution in [-0.4, -0.2) is 29.5 Å². The molecular weight excluding hydrogens is 365 g/mol. The average molecular weight is 376 g/mol. The zero-order valence-corrected chi connectivity index (χ0v) is 13.7. The Bertz CT molecular complexity index is 1050. The van der Waals surface area contributed by atoms with E-state index in [9.17, 15) is 23.2 Å². The molecule has 2 aromatic rings. The lowest BCUT2D eigenvalue weighted by Crippen LogP contribution is -2.45. The number of carbonyl (C=O) groups excluding carboxylic acids is 1. The van der Waals surface area contributed by atoms with Gasteiger partial charge in [-0.2, -0.15) is 10.4 Å². The van der Waals surface area contributed by atoms with Crippen LogP contribution >= 0.6 is 0 Å². The second kappa shape index (κ2) is 5.16. The molecule has 1 amide bonds. The van der Waals surface area contributed by atoms with Gasteiger partial charge < -0.3 is 20.7 Å².